The number of carbonyl (C=O) groups excluding carboxylic acids is 3. The number of oxime groups is 1. The maximum atomic E-state index is 12.9. The van der Waals surface area contributed by atoms with Crippen LogP contribution in [0.15, 0.2) is 53.1 Å². The van der Waals surface area contributed by atoms with Crippen LogP contribution in [0.3, 0.4) is 0 Å². The molecule has 2 aliphatic rings. The van der Waals surface area contributed by atoms with Crippen LogP contribution in [0.2, 0.25) is 0 Å². The molecule has 2 atom stereocenters. The molecule has 4 N–H and O–H groups in total. The smallest absolute Gasteiger partial charge is 0.278 e. The summed E-state index contributed by atoms with van der Waals surface area (Å²) in [4.78, 5) is 47.3. The van der Waals surface area contributed by atoms with Crippen LogP contribution in [0, 0.1) is 0 Å². The number of carboxylic acid groups (broad SMARTS) is 1. The molecule has 0 aliphatic carbocycles. The summed E-state index contributed by atoms with van der Waals surface area (Å²) >= 11 is 2.17. The number of pyridine rings is 1. The maximum Gasteiger partial charge on any atom is 0.278 e. The molecule has 15 heteroatoms. The number of carbonyl (C=O) groups is 3. The van der Waals surface area contributed by atoms with Crippen molar-refractivity contribution < 1.29 is 34.0 Å². The Balaban J connectivity index is 1.48. The van der Waals surface area contributed by atoms with E-state index in [4.69, 9.17) is 10.6 Å². The molecule has 0 bridgehead atoms. The Morgan fingerprint density at radius 2 is 2.31 bits per heavy atom. The van der Waals surface area contributed by atoms with Crippen molar-refractivity contribution in [3.63, 3.8) is 0 Å². The lowest BCUT2D eigenvalue weighted by atomic mass is 10.0. The highest BCUT2D eigenvalue weighted by atomic mass is 32.2. The number of aliphatic carboxylic acids is 1. The van der Waals surface area contributed by atoms with Gasteiger partial charge in [-0.05, 0) is 17.7 Å². The maximum absolute atomic E-state index is 12.9. The molecule has 1 saturated heterocycles. The number of hydrogen-bond acceptors (Lipinski definition) is 12. The quantitative estimate of drug-likeness (QED) is 0.140. The molecule has 4 heterocycles. The molecule has 0 spiro atoms. The summed E-state index contributed by atoms with van der Waals surface area (Å²) < 4.78 is 5.75. The summed E-state index contributed by atoms with van der Waals surface area (Å²) in [5.41, 5.74) is 6.22. The van der Waals surface area contributed by atoms with Crippen molar-refractivity contribution in [3.8, 4) is 0 Å². The first-order valence-electron chi connectivity index (χ1n) is 10.5. The fourth-order valence-corrected chi connectivity index (χ4v) is 5.43. The fourth-order valence-electron chi connectivity index (χ4n) is 3.68. The second-order valence-corrected chi connectivity index (χ2v) is 9.46. The highest BCUT2D eigenvalue weighted by Gasteiger charge is 2.53. The third-order valence-corrected chi connectivity index (χ3v) is 7.11. The molecule has 0 aromatic carbocycles. The van der Waals surface area contributed by atoms with Gasteiger partial charge in [0.25, 0.3) is 11.8 Å². The van der Waals surface area contributed by atoms with Gasteiger partial charge in [-0.15, -0.1) is 11.8 Å². The molecular weight excluding hydrogens is 510 g/mol. The van der Waals surface area contributed by atoms with E-state index in [2.05, 4.69) is 19.8 Å². The zero-order valence-corrected chi connectivity index (χ0v) is 20.5. The summed E-state index contributed by atoms with van der Waals surface area (Å²) in [5.74, 6) is -2.62. The largest absolute Gasteiger partial charge is 0.543 e. The number of aliphatic hydroxyl groups is 1. The van der Waals surface area contributed by atoms with Crippen LogP contribution in [0.1, 0.15) is 11.4 Å². The van der Waals surface area contributed by atoms with Gasteiger partial charge in [0, 0.05) is 28.9 Å². The molecule has 0 saturated carbocycles. The first-order chi connectivity index (χ1) is 17.3. The number of aromatic nitrogens is 3. The number of amides is 2. The second-order valence-electron chi connectivity index (χ2n) is 7.57. The van der Waals surface area contributed by atoms with E-state index in [1.54, 1.807) is 30.5 Å². The van der Waals surface area contributed by atoms with Gasteiger partial charge in [-0.3, -0.25) is 14.5 Å². The first kappa shape index (κ1) is 25.3. The number of allylic oxidation sites excluding steroid dienone is 2. The normalized spacial score (nSPS) is 19.8. The monoisotopic (exact) mass is 531 g/mol. The van der Waals surface area contributed by atoms with Crippen LogP contribution in [-0.2, 0) is 32.4 Å². The SMILES string of the molecule is CON=C(C(=O)NC1C(=O)N2C(C(=O)[O-])=C(C=CC[n+]3cccc(CO)c3)CS[C@H]12)c1nsc(N)n1. The van der Waals surface area contributed by atoms with Crippen LogP contribution in [0.25, 0.3) is 0 Å². The summed E-state index contributed by atoms with van der Waals surface area (Å²) in [6.45, 7) is 0.333. The molecule has 188 valence electrons. The molecule has 0 radical (unpaired) electrons. The lowest BCUT2D eigenvalue weighted by Gasteiger charge is -2.50. The predicted molar refractivity (Wildman–Crippen MR) is 127 cm³/mol. The van der Waals surface area contributed by atoms with Crippen LogP contribution in [0.4, 0.5) is 5.13 Å². The van der Waals surface area contributed by atoms with Crippen molar-refractivity contribution in [1.82, 2.24) is 19.6 Å². The molecule has 2 aliphatic heterocycles. The number of hydrogen-bond donors (Lipinski definition) is 3. The lowest BCUT2D eigenvalue weighted by Crippen LogP contribution is -2.71. The highest BCUT2D eigenvalue weighted by Crippen LogP contribution is 2.40. The van der Waals surface area contributed by atoms with Crippen LogP contribution < -0.4 is 20.7 Å². The number of β-lactam (4-membered cyclic amide) rings is 1. The van der Waals surface area contributed by atoms with E-state index < -0.39 is 29.2 Å². The predicted octanol–water partition coefficient (Wildman–Crippen LogP) is -2.09. The number of rotatable bonds is 9. The molecular formula is C21H21N7O6S2. The zero-order chi connectivity index (χ0) is 25.8. The Morgan fingerprint density at radius 3 is 2.97 bits per heavy atom. The van der Waals surface area contributed by atoms with Gasteiger partial charge >= 0.3 is 0 Å². The summed E-state index contributed by atoms with van der Waals surface area (Å²) in [6.07, 6.45) is 6.97. The molecule has 13 nitrogen and oxygen atoms in total. The number of fused-ring (bicyclic) bond motifs is 1. The zero-order valence-electron chi connectivity index (χ0n) is 18.9. The molecule has 4 rings (SSSR count). The Kier molecular flexibility index (Phi) is 7.61. The van der Waals surface area contributed by atoms with E-state index in [0.717, 1.165) is 22.0 Å². The van der Waals surface area contributed by atoms with E-state index in [9.17, 15) is 24.6 Å². The van der Waals surface area contributed by atoms with Crippen molar-refractivity contribution >= 4 is 51.9 Å². The highest BCUT2D eigenvalue weighted by molar-refractivity contribution is 8.00. The molecule has 2 amide bonds. The van der Waals surface area contributed by atoms with E-state index in [-0.39, 0.29) is 34.7 Å². The molecule has 2 aromatic heterocycles. The number of nitrogen functional groups attached to an aromatic ring is 1. The molecule has 1 fully saturated rings. The Hall–Kier alpha value is -3.82. The topological polar surface area (TPSA) is 187 Å². The molecule has 2 aromatic rings. The Bertz CT molecular complexity index is 1290. The van der Waals surface area contributed by atoms with E-state index in [1.165, 1.54) is 18.9 Å². The average molecular weight is 532 g/mol. The summed E-state index contributed by atoms with van der Waals surface area (Å²) in [6, 6.07) is 2.59. The number of anilines is 1. The van der Waals surface area contributed by atoms with Gasteiger partial charge < -0.3 is 30.9 Å². The van der Waals surface area contributed by atoms with Crippen molar-refractivity contribution in [3.05, 3.63) is 59.3 Å². The van der Waals surface area contributed by atoms with Gasteiger partial charge in [-0.25, -0.2) is 4.57 Å². The molecule has 36 heavy (non-hydrogen) atoms. The minimum Gasteiger partial charge on any atom is -0.543 e. The first-order valence-corrected chi connectivity index (χ1v) is 12.3. The van der Waals surface area contributed by atoms with Crippen LogP contribution in [-0.4, -0.2) is 67.1 Å². The number of aliphatic hydroxyl groups excluding tert-OH is 1. The van der Waals surface area contributed by atoms with Gasteiger partial charge in [0.2, 0.25) is 11.5 Å². The Labute approximate surface area is 213 Å². The van der Waals surface area contributed by atoms with Crippen LogP contribution in [0.5, 0.6) is 0 Å². The number of nitrogens with two attached hydrogens (primary N) is 1. The van der Waals surface area contributed by atoms with E-state index in [1.807, 2.05) is 10.8 Å². The lowest BCUT2D eigenvalue weighted by molar-refractivity contribution is -0.687. The van der Waals surface area contributed by atoms with Gasteiger partial charge in [0.05, 0.1) is 18.3 Å². The second kappa shape index (κ2) is 10.8. The van der Waals surface area contributed by atoms with Gasteiger partial charge in [-0.2, -0.15) is 9.36 Å². The summed E-state index contributed by atoms with van der Waals surface area (Å²) in [7, 11) is 1.24. The van der Waals surface area contributed by atoms with Gasteiger partial charge in [0.1, 0.15) is 18.5 Å². The van der Waals surface area contributed by atoms with E-state index in [0.29, 0.717) is 12.1 Å². The van der Waals surface area contributed by atoms with Crippen molar-refractivity contribution in [2.45, 2.75) is 24.6 Å². The third kappa shape index (κ3) is 5.07. The standard InChI is InChI=1S/C21H21N7O6S2/c1-34-25-13(16-24-21(22)36-26-16)17(30)23-14-18(31)28-15(20(32)33)12(10-35-19(14)28)5-3-7-27-6-2-4-11(8-27)9-29/h2-6,8,14,19,29H,7,9-10H2,1H3,(H3-,22,23,24,26,30,32,33)/t14?,19-/m1/s1. The van der Waals surface area contributed by atoms with Crippen molar-refractivity contribution in [2.75, 3.05) is 18.6 Å². The number of nitrogens with one attached hydrogen (secondary N) is 1. The summed E-state index contributed by atoms with van der Waals surface area (Å²) in [5, 5.41) is 26.9. The van der Waals surface area contributed by atoms with Crippen molar-refractivity contribution in [2.24, 2.45) is 5.16 Å². The third-order valence-electron chi connectivity index (χ3n) is 5.27. The fraction of sp³-hybridized carbons (Fsp3) is 0.286. The average Bonchev–Trinajstić information content (AvgIpc) is 3.30. The minimum absolute atomic E-state index is 0.0538. The Morgan fingerprint density at radius 1 is 1.50 bits per heavy atom. The number of thioether (sulfide) groups is 1. The van der Waals surface area contributed by atoms with Crippen molar-refractivity contribution in [1.29, 1.82) is 0 Å². The van der Waals surface area contributed by atoms with Gasteiger partial charge in [0.15, 0.2) is 24.1 Å². The minimum atomic E-state index is -1.49. The van der Waals surface area contributed by atoms with E-state index >= 15 is 0 Å². The number of carboxylic acids is 1. The number of nitrogens with zero attached hydrogens (tertiary/aromatic N) is 5. The van der Waals surface area contributed by atoms with Crippen LogP contribution >= 0.6 is 23.3 Å². The molecule has 1 unspecified atom stereocenters. The van der Waals surface area contributed by atoms with Gasteiger partial charge in [-0.1, -0.05) is 11.2 Å².